The van der Waals surface area contributed by atoms with Crippen molar-refractivity contribution in [2.45, 2.75) is 13.0 Å². The Balaban J connectivity index is 1.86. The zero-order valence-corrected chi connectivity index (χ0v) is 11.2. The van der Waals surface area contributed by atoms with E-state index in [1.165, 1.54) is 0 Å². The number of hydrazine groups is 1. The average Bonchev–Trinajstić information content (AvgIpc) is 2.70. The van der Waals surface area contributed by atoms with Gasteiger partial charge in [-0.3, -0.25) is 0 Å². The summed E-state index contributed by atoms with van der Waals surface area (Å²) in [6.07, 6.45) is 1.00. The van der Waals surface area contributed by atoms with Gasteiger partial charge in [-0.2, -0.15) is 0 Å². The highest BCUT2D eigenvalue weighted by Gasteiger charge is 2.16. The Morgan fingerprint density at radius 2 is 2.10 bits per heavy atom. The zero-order chi connectivity index (χ0) is 13.8. The van der Waals surface area contributed by atoms with Crippen LogP contribution < -0.4 is 20.9 Å². The lowest BCUT2D eigenvalue weighted by atomic mass is 10.2. The van der Waals surface area contributed by atoms with E-state index in [1.807, 2.05) is 36.4 Å². The lowest BCUT2D eigenvalue weighted by Crippen LogP contribution is -2.24. The lowest BCUT2D eigenvalue weighted by molar-refractivity contribution is 0.322. The number of hydrogen-bond acceptors (Lipinski definition) is 5. The molecule has 2 aromatic rings. The highest BCUT2D eigenvalue weighted by atomic mass is 16.5. The number of fused-ring (bicyclic) bond motifs is 1. The second kappa shape index (κ2) is 5.79. The van der Waals surface area contributed by atoms with Gasteiger partial charge in [-0.15, -0.1) is 0 Å². The second-order valence-corrected chi connectivity index (χ2v) is 4.75. The summed E-state index contributed by atoms with van der Waals surface area (Å²) in [7, 11) is 0. The van der Waals surface area contributed by atoms with E-state index >= 15 is 0 Å². The van der Waals surface area contributed by atoms with Crippen molar-refractivity contribution in [3.05, 3.63) is 48.2 Å². The van der Waals surface area contributed by atoms with Gasteiger partial charge in [0.2, 0.25) is 0 Å². The number of nitrogens with zero attached hydrogens (tertiary/aromatic N) is 2. The summed E-state index contributed by atoms with van der Waals surface area (Å²) in [4.78, 5) is 6.77. The van der Waals surface area contributed by atoms with Crippen molar-refractivity contribution >= 4 is 11.5 Å². The molecule has 0 unspecified atom stereocenters. The monoisotopic (exact) mass is 270 g/mol. The predicted octanol–water partition coefficient (Wildman–Crippen LogP) is 2.16. The Bertz CT molecular complexity index is 588. The standard InChI is InChI=1S/C15H18N4O/c16-18-15-8-3-5-12(17-15)11-19-9-4-10-20-14-7-2-1-6-13(14)19/h1-3,5-8H,4,9-11,16H2,(H,17,18). The molecule has 104 valence electrons. The number of nitrogen functional groups attached to an aromatic ring is 1. The topological polar surface area (TPSA) is 63.4 Å². The summed E-state index contributed by atoms with van der Waals surface area (Å²) in [5.74, 6) is 7.03. The van der Waals surface area contributed by atoms with Crippen LogP contribution in [0.25, 0.3) is 0 Å². The summed E-state index contributed by atoms with van der Waals surface area (Å²) in [5.41, 5.74) is 4.69. The minimum atomic E-state index is 0.682. The molecule has 1 aromatic heterocycles. The van der Waals surface area contributed by atoms with Gasteiger partial charge in [0, 0.05) is 6.54 Å². The molecule has 2 heterocycles. The van der Waals surface area contributed by atoms with Crippen LogP contribution in [-0.2, 0) is 6.54 Å². The number of nitrogens with two attached hydrogens (primary N) is 1. The Labute approximate surface area is 118 Å². The second-order valence-electron chi connectivity index (χ2n) is 4.75. The van der Waals surface area contributed by atoms with Crippen molar-refractivity contribution in [1.29, 1.82) is 0 Å². The van der Waals surface area contributed by atoms with E-state index in [1.54, 1.807) is 0 Å². The summed E-state index contributed by atoms with van der Waals surface area (Å²) in [6, 6.07) is 14.0. The van der Waals surface area contributed by atoms with Gasteiger partial charge < -0.3 is 15.1 Å². The molecule has 3 N–H and O–H groups in total. The molecule has 0 fully saturated rings. The van der Waals surface area contributed by atoms with Crippen molar-refractivity contribution in [2.75, 3.05) is 23.5 Å². The van der Waals surface area contributed by atoms with Gasteiger partial charge in [0.15, 0.2) is 0 Å². The first-order valence-electron chi connectivity index (χ1n) is 6.76. The zero-order valence-electron chi connectivity index (χ0n) is 11.2. The molecule has 5 heteroatoms. The molecule has 3 rings (SSSR count). The molecule has 0 atom stereocenters. The summed E-state index contributed by atoms with van der Waals surface area (Å²) in [5, 5.41) is 0. The molecule has 1 aliphatic rings. The van der Waals surface area contributed by atoms with Crippen molar-refractivity contribution in [2.24, 2.45) is 5.84 Å². The third-order valence-corrected chi connectivity index (χ3v) is 3.34. The van der Waals surface area contributed by atoms with Crippen LogP contribution in [0.15, 0.2) is 42.5 Å². The number of para-hydroxylation sites is 2. The molecule has 0 saturated heterocycles. The van der Waals surface area contributed by atoms with E-state index in [9.17, 15) is 0 Å². The molecule has 1 aliphatic heterocycles. The molecule has 0 spiro atoms. The van der Waals surface area contributed by atoms with Crippen LogP contribution in [0.4, 0.5) is 11.5 Å². The van der Waals surface area contributed by atoms with Crippen molar-refractivity contribution in [1.82, 2.24) is 4.98 Å². The van der Waals surface area contributed by atoms with E-state index < -0.39 is 0 Å². The number of rotatable bonds is 3. The molecule has 0 amide bonds. The maximum absolute atomic E-state index is 5.77. The fraction of sp³-hybridized carbons (Fsp3) is 0.267. The first-order valence-corrected chi connectivity index (χ1v) is 6.76. The van der Waals surface area contributed by atoms with Crippen LogP contribution >= 0.6 is 0 Å². The van der Waals surface area contributed by atoms with Crippen LogP contribution in [0.5, 0.6) is 5.75 Å². The van der Waals surface area contributed by atoms with E-state index in [2.05, 4.69) is 21.4 Å². The maximum Gasteiger partial charge on any atom is 0.142 e. The van der Waals surface area contributed by atoms with Gasteiger partial charge in [-0.25, -0.2) is 10.8 Å². The Morgan fingerprint density at radius 3 is 3.00 bits per heavy atom. The number of anilines is 2. The number of hydrogen-bond donors (Lipinski definition) is 2. The predicted molar refractivity (Wildman–Crippen MR) is 79.7 cm³/mol. The van der Waals surface area contributed by atoms with Crippen molar-refractivity contribution < 1.29 is 4.74 Å². The van der Waals surface area contributed by atoms with Crippen LogP contribution in [0.2, 0.25) is 0 Å². The Hall–Kier alpha value is -2.27. The summed E-state index contributed by atoms with van der Waals surface area (Å²) >= 11 is 0. The van der Waals surface area contributed by atoms with Crippen LogP contribution in [0.3, 0.4) is 0 Å². The van der Waals surface area contributed by atoms with Crippen molar-refractivity contribution in [3.8, 4) is 5.75 Å². The van der Waals surface area contributed by atoms with Crippen molar-refractivity contribution in [3.63, 3.8) is 0 Å². The largest absolute Gasteiger partial charge is 0.491 e. The average molecular weight is 270 g/mol. The van der Waals surface area contributed by atoms with Gasteiger partial charge in [-0.05, 0) is 30.7 Å². The minimum absolute atomic E-state index is 0.682. The molecule has 0 radical (unpaired) electrons. The molecule has 20 heavy (non-hydrogen) atoms. The number of nitrogens with one attached hydrogen (secondary N) is 1. The highest BCUT2D eigenvalue weighted by molar-refractivity contribution is 5.59. The fourth-order valence-electron chi connectivity index (χ4n) is 2.41. The van der Waals surface area contributed by atoms with Gasteiger partial charge >= 0.3 is 0 Å². The van der Waals surface area contributed by atoms with Gasteiger partial charge in [0.05, 0.1) is 24.5 Å². The quantitative estimate of drug-likeness (QED) is 0.661. The molecule has 0 saturated carbocycles. The third-order valence-electron chi connectivity index (χ3n) is 3.34. The molecule has 5 nitrogen and oxygen atoms in total. The van der Waals surface area contributed by atoms with Gasteiger partial charge in [0.25, 0.3) is 0 Å². The number of benzene rings is 1. The van der Waals surface area contributed by atoms with Crippen LogP contribution in [-0.4, -0.2) is 18.1 Å². The third kappa shape index (κ3) is 2.67. The first-order chi connectivity index (χ1) is 9.86. The van der Waals surface area contributed by atoms with Crippen LogP contribution in [0.1, 0.15) is 12.1 Å². The molecular weight excluding hydrogens is 252 g/mol. The normalized spacial score (nSPS) is 14.2. The fourth-order valence-corrected chi connectivity index (χ4v) is 2.41. The smallest absolute Gasteiger partial charge is 0.142 e. The van der Waals surface area contributed by atoms with Crippen LogP contribution in [0, 0.1) is 0 Å². The molecular formula is C15H18N4O. The Kier molecular flexibility index (Phi) is 3.69. The number of aromatic nitrogens is 1. The van der Waals surface area contributed by atoms with E-state index in [4.69, 9.17) is 10.6 Å². The summed E-state index contributed by atoms with van der Waals surface area (Å²) in [6.45, 7) is 2.46. The number of ether oxygens (including phenoxy) is 1. The lowest BCUT2D eigenvalue weighted by Gasteiger charge is -2.23. The molecule has 0 bridgehead atoms. The van der Waals surface area contributed by atoms with Gasteiger partial charge in [-0.1, -0.05) is 18.2 Å². The Morgan fingerprint density at radius 1 is 1.20 bits per heavy atom. The molecule has 0 aliphatic carbocycles. The minimum Gasteiger partial charge on any atom is -0.491 e. The highest BCUT2D eigenvalue weighted by Crippen LogP contribution is 2.31. The van der Waals surface area contributed by atoms with E-state index in [0.29, 0.717) is 5.82 Å². The maximum atomic E-state index is 5.77. The van der Waals surface area contributed by atoms with E-state index in [0.717, 1.165) is 43.2 Å². The molecule has 1 aromatic carbocycles. The summed E-state index contributed by atoms with van der Waals surface area (Å²) < 4.78 is 5.77. The van der Waals surface area contributed by atoms with Gasteiger partial charge in [0.1, 0.15) is 11.6 Å². The first kappa shape index (κ1) is 12.7. The number of pyridine rings is 1. The SMILES string of the molecule is NNc1cccc(CN2CCCOc3ccccc32)n1. The van der Waals surface area contributed by atoms with E-state index in [-0.39, 0.29) is 0 Å².